The molecule has 0 saturated heterocycles. The number of hydrogen-bond acceptors (Lipinski definition) is 4. The maximum absolute atomic E-state index is 13.1. The second-order valence-corrected chi connectivity index (χ2v) is 8.38. The first-order valence-corrected chi connectivity index (χ1v) is 10.7. The number of carbonyl (C=O) groups excluding carboxylic acids is 2. The minimum absolute atomic E-state index is 0.0854. The second-order valence-electron chi connectivity index (χ2n) is 8.38. The molecular weight excluding hydrogens is 368 g/mol. The summed E-state index contributed by atoms with van der Waals surface area (Å²) in [6.07, 6.45) is 5.68. The number of rotatable bonds is 11. The lowest BCUT2D eigenvalue weighted by Gasteiger charge is -2.30. The van der Waals surface area contributed by atoms with Gasteiger partial charge in [0.2, 0.25) is 5.91 Å². The standard InChI is InChI=1S/C23H38N2O4/c1-6-8-10-16-24(17-11-9-7-2)21(27)18-25(22(28)29-23(3,4)5)19-12-14-20(26)15-13-19/h12-15,26H,6-11,16-18H2,1-5H3. The normalized spacial score (nSPS) is 11.2. The summed E-state index contributed by atoms with van der Waals surface area (Å²) in [7, 11) is 0. The van der Waals surface area contributed by atoms with Crippen molar-refractivity contribution in [1.29, 1.82) is 0 Å². The zero-order chi connectivity index (χ0) is 21.9. The van der Waals surface area contributed by atoms with Gasteiger partial charge in [0.15, 0.2) is 0 Å². The number of aromatic hydroxyl groups is 1. The number of hydrogen-bond donors (Lipinski definition) is 1. The van der Waals surface area contributed by atoms with Gasteiger partial charge in [-0.1, -0.05) is 39.5 Å². The number of phenols is 1. The molecule has 0 fully saturated rings. The molecule has 0 heterocycles. The largest absolute Gasteiger partial charge is 0.508 e. The van der Waals surface area contributed by atoms with Gasteiger partial charge in [-0.3, -0.25) is 9.69 Å². The molecule has 6 heteroatoms. The molecule has 164 valence electrons. The Kier molecular flexibility index (Phi) is 10.6. The summed E-state index contributed by atoms with van der Waals surface area (Å²) in [5.74, 6) is 0.0149. The van der Waals surface area contributed by atoms with Crippen molar-refractivity contribution in [2.24, 2.45) is 0 Å². The molecule has 29 heavy (non-hydrogen) atoms. The van der Waals surface area contributed by atoms with Crippen LogP contribution in [0.5, 0.6) is 5.75 Å². The molecule has 1 N–H and O–H groups in total. The molecule has 0 saturated carbocycles. The van der Waals surface area contributed by atoms with Gasteiger partial charge in [0, 0.05) is 18.8 Å². The Morgan fingerprint density at radius 1 is 0.931 bits per heavy atom. The Labute approximate surface area is 175 Å². The first kappa shape index (κ1) is 24.8. The third-order valence-electron chi connectivity index (χ3n) is 4.48. The molecule has 2 amide bonds. The number of benzene rings is 1. The van der Waals surface area contributed by atoms with Crippen LogP contribution >= 0.6 is 0 Å². The highest BCUT2D eigenvalue weighted by Gasteiger charge is 2.27. The Balaban J connectivity index is 2.98. The van der Waals surface area contributed by atoms with Crippen LogP contribution < -0.4 is 4.90 Å². The molecule has 1 aromatic rings. The highest BCUT2D eigenvalue weighted by atomic mass is 16.6. The van der Waals surface area contributed by atoms with Crippen LogP contribution in [0, 0.1) is 0 Å². The summed E-state index contributed by atoms with van der Waals surface area (Å²) in [6.45, 7) is 11.0. The zero-order valence-electron chi connectivity index (χ0n) is 18.7. The molecule has 1 rings (SSSR count). The van der Waals surface area contributed by atoms with Gasteiger partial charge in [0.25, 0.3) is 0 Å². The number of anilines is 1. The predicted molar refractivity (Wildman–Crippen MR) is 117 cm³/mol. The first-order valence-electron chi connectivity index (χ1n) is 10.7. The van der Waals surface area contributed by atoms with Crippen LogP contribution in [-0.2, 0) is 9.53 Å². The highest BCUT2D eigenvalue weighted by molar-refractivity contribution is 5.95. The van der Waals surface area contributed by atoms with E-state index in [0.29, 0.717) is 18.8 Å². The van der Waals surface area contributed by atoms with Gasteiger partial charge in [-0.15, -0.1) is 0 Å². The quantitative estimate of drug-likeness (QED) is 0.503. The minimum Gasteiger partial charge on any atom is -0.508 e. The Morgan fingerprint density at radius 2 is 1.45 bits per heavy atom. The van der Waals surface area contributed by atoms with E-state index in [0.717, 1.165) is 38.5 Å². The van der Waals surface area contributed by atoms with Crippen LogP contribution in [0.4, 0.5) is 10.5 Å². The Bertz CT molecular complexity index is 613. The fourth-order valence-corrected chi connectivity index (χ4v) is 2.91. The number of phenolic OH excluding ortho intramolecular Hbond substituents is 1. The van der Waals surface area contributed by atoms with Crippen LogP contribution in [-0.4, -0.2) is 47.2 Å². The number of ether oxygens (including phenoxy) is 1. The number of amides is 2. The topological polar surface area (TPSA) is 70.1 Å². The predicted octanol–water partition coefficient (Wildman–Crippen LogP) is 5.34. The molecule has 0 unspecified atom stereocenters. The third-order valence-corrected chi connectivity index (χ3v) is 4.48. The van der Waals surface area contributed by atoms with Crippen molar-refractivity contribution in [3.8, 4) is 5.75 Å². The Hall–Kier alpha value is -2.24. The van der Waals surface area contributed by atoms with E-state index in [4.69, 9.17) is 4.74 Å². The van der Waals surface area contributed by atoms with Gasteiger partial charge in [-0.25, -0.2) is 4.79 Å². The van der Waals surface area contributed by atoms with Gasteiger partial charge in [-0.2, -0.15) is 0 Å². The molecule has 6 nitrogen and oxygen atoms in total. The Morgan fingerprint density at radius 3 is 1.90 bits per heavy atom. The van der Waals surface area contributed by atoms with Crippen molar-refractivity contribution in [3.05, 3.63) is 24.3 Å². The molecule has 0 bridgehead atoms. The van der Waals surface area contributed by atoms with E-state index in [1.54, 1.807) is 32.9 Å². The number of nitrogens with zero attached hydrogens (tertiary/aromatic N) is 2. The van der Waals surface area contributed by atoms with Gasteiger partial charge in [0.1, 0.15) is 17.9 Å². The number of carbonyl (C=O) groups is 2. The van der Waals surface area contributed by atoms with E-state index in [1.165, 1.54) is 17.0 Å². The van der Waals surface area contributed by atoms with E-state index >= 15 is 0 Å². The monoisotopic (exact) mass is 406 g/mol. The van der Waals surface area contributed by atoms with Crippen molar-refractivity contribution in [2.75, 3.05) is 24.5 Å². The van der Waals surface area contributed by atoms with Crippen molar-refractivity contribution in [1.82, 2.24) is 4.90 Å². The van der Waals surface area contributed by atoms with Crippen LogP contribution in [0.2, 0.25) is 0 Å². The SMILES string of the molecule is CCCCCN(CCCCC)C(=O)CN(C(=O)OC(C)(C)C)c1ccc(O)cc1. The average molecular weight is 407 g/mol. The molecule has 0 atom stereocenters. The second kappa shape index (κ2) is 12.3. The van der Waals surface area contributed by atoms with E-state index in [2.05, 4.69) is 13.8 Å². The van der Waals surface area contributed by atoms with Crippen LogP contribution in [0.1, 0.15) is 73.1 Å². The van der Waals surface area contributed by atoms with Gasteiger partial charge in [0.05, 0.1) is 0 Å². The third kappa shape index (κ3) is 9.68. The molecular formula is C23H38N2O4. The van der Waals surface area contributed by atoms with Crippen molar-refractivity contribution >= 4 is 17.7 Å². The van der Waals surface area contributed by atoms with Crippen molar-refractivity contribution in [2.45, 2.75) is 78.7 Å². The molecule has 0 radical (unpaired) electrons. The fraction of sp³-hybridized carbons (Fsp3) is 0.652. The summed E-state index contributed by atoms with van der Waals surface area (Å²) in [5, 5.41) is 9.56. The molecule has 0 aliphatic heterocycles. The molecule has 0 aromatic heterocycles. The molecule has 0 aliphatic carbocycles. The summed E-state index contributed by atoms with van der Waals surface area (Å²) >= 11 is 0. The van der Waals surface area contributed by atoms with Crippen LogP contribution in [0.15, 0.2) is 24.3 Å². The lowest BCUT2D eigenvalue weighted by atomic mass is 10.2. The first-order chi connectivity index (χ1) is 13.7. The smallest absolute Gasteiger partial charge is 0.415 e. The molecule has 0 aliphatic rings. The van der Waals surface area contributed by atoms with Gasteiger partial charge < -0.3 is 14.7 Å². The van der Waals surface area contributed by atoms with Crippen LogP contribution in [0.3, 0.4) is 0 Å². The lowest BCUT2D eigenvalue weighted by Crippen LogP contribution is -2.45. The highest BCUT2D eigenvalue weighted by Crippen LogP contribution is 2.21. The van der Waals surface area contributed by atoms with E-state index in [9.17, 15) is 14.7 Å². The van der Waals surface area contributed by atoms with Gasteiger partial charge in [-0.05, 0) is 57.9 Å². The van der Waals surface area contributed by atoms with Crippen molar-refractivity contribution in [3.63, 3.8) is 0 Å². The van der Waals surface area contributed by atoms with E-state index < -0.39 is 11.7 Å². The molecule has 1 aromatic carbocycles. The maximum Gasteiger partial charge on any atom is 0.415 e. The molecule has 0 spiro atoms. The van der Waals surface area contributed by atoms with E-state index in [1.807, 2.05) is 4.90 Å². The minimum atomic E-state index is -0.669. The van der Waals surface area contributed by atoms with Crippen LogP contribution in [0.25, 0.3) is 0 Å². The fourth-order valence-electron chi connectivity index (χ4n) is 2.91. The lowest BCUT2D eigenvalue weighted by molar-refractivity contribution is -0.130. The summed E-state index contributed by atoms with van der Waals surface area (Å²) in [5.41, 5.74) is -0.149. The summed E-state index contributed by atoms with van der Waals surface area (Å²) in [6, 6.07) is 6.23. The zero-order valence-corrected chi connectivity index (χ0v) is 18.7. The van der Waals surface area contributed by atoms with Gasteiger partial charge >= 0.3 is 6.09 Å². The number of unbranched alkanes of at least 4 members (excludes halogenated alkanes) is 4. The average Bonchev–Trinajstić information content (AvgIpc) is 2.64. The van der Waals surface area contributed by atoms with E-state index in [-0.39, 0.29) is 18.2 Å². The summed E-state index contributed by atoms with van der Waals surface area (Å²) in [4.78, 5) is 29.1. The van der Waals surface area contributed by atoms with Crippen molar-refractivity contribution < 1.29 is 19.4 Å². The summed E-state index contributed by atoms with van der Waals surface area (Å²) < 4.78 is 5.52. The maximum atomic E-state index is 13.1.